The van der Waals surface area contributed by atoms with E-state index in [-0.39, 0.29) is 5.97 Å². The smallest absolute Gasteiger partial charge is 0.354 e. The molecule has 0 bridgehead atoms. The van der Waals surface area contributed by atoms with E-state index in [1.54, 1.807) is 0 Å². The van der Waals surface area contributed by atoms with Gasteiger partial charge in [0.05, 0.1) is 7.11 Å². The number of aromatic nitrogens is 1. The van der Waals surface area contributed by atoms with E-state index >= 15 is 0 Å². The zero-order chi connectivity index (χ0) is 11.6. The van der Waals surface area contributed by atoms with Crippen LogP contribution in [0.4, 0.5) is 0 Å². The van der Waals surface area contributed by atoms with Gasteiger partial charge in [0, 0.05) is 19.2 Å². The maximum atomic E-state index is 11.6. The van der Waals surface area contributed by atoms with Gasteiger partial charge in [0.2, 0.25) is 0 Å². The molecule has 0 radical (unpaired) electrons. The fourth-order valence-electron chi connectivity index (χ4n) is 1.91. The van der Waals surface area contributed by atoms with Crippen LogP contribution in [0.2, 0.25) is 0 Å². The monoisotopic (exact) mass is 210 g/mol. The van der Waals surface area contributed by atoms with Crippen molar-refractivity contribution in [1.82, 2.24) is 4.57 Å². The molecule has 0 atom stereocenters. The Morgan fingerprint density at radius 3 is 2.47 bits per heavy atom. The van der Waals surface area contributed by atoms with E-state index in [0.717, 1.165) is 23.2 Å². The van der Waals surface area contributed by atoms with E-state index in [1.807, 2.05) is 25.5 Å². The molecular weight excluding hydrogens is 192 g/mol. The van der Waals surface area contributed by atoms with Crippen molar-refractivity contribution in [1.29, 1.82) is 0 Å². The number of carbonyl (C=O) groups is 1. The summed E-state index contributed by atoms with van der Waals surface area (Å²) < 4.78 is 6.63. The number of carbonyl (C=O) groups excluding carboxylic acids is 1. The van der Waals surface area contributed by atoms with Crippen LogP contribution in [0.25, 0.3) is 0 Å². The molecule has 0 saturated heterocycles. The fraction of sp³-hybridized carbons (Fsp3) is 0.545. The summed E-state index contributed by atoms with van der Waals surface area (Å²) in [5.41, 5.74) is 9.37. The Morgan fingerprint density at radius 2 is 2.00 bits per heavy atom. The highest BCUT2D eigenvalue weighted by atomic mass is 16.5. The molecule has 4 nitrogen and oxygen atoms in total. The first kappa shape index (κ1) is 11.8. The van der Waals surface area contributed by atoms with Crippen molar-refractivity contribution in [2.75, 3.05) is 13.7 Å². The van der Waals surface area contributed by atoms with Crippen LogP contribution < -0.4 is 5.73 Å². The highest BCUT2D eigenvalue weighted by Crippen LogP contribution is 2.21. The normalized spacial score (nSPS) is 10.5. The molecule has 0 aliphatic rings. The molecule has 4 heteroatoms. The van der Waals surface area contributed by atoms with Crippen molar-refractivity contribution in [3.05, 3.63) is 22.5 Å². The van der Waals surface area contributed by atoms with Crippen LogP contribution in [0.1, 0.15) is 27.3 Å². The van der Waals surface area contributed by atoms with Crippen LogP contribution in [-0.2, 0) is 18.2 Å². The average molecular weight is 210 g/mol. The van der Waals surface area contributed by atoms with E-state index < -0.39 is 0 Å². The second-order valence-electron chi connectivity index (χ2n) is 3.63. The van der Waals surface area contributed by atoms with Crippen LogP contribution in [0.15, 0.2) is 0 Å². The van der Waals surface area contributed by atoms with Crippen LogP contribution in [-0.4, -0.2) is 24.2 Å². The van der Waals surface area contributed by atoms with Crippen molar-refractivity contribution >= 4 is 5.97 Å². The van der Waals surface area contributed by atoms with Gasteiger partial charge in [0.1, 0.15) is 5.69 Å². The lowest BCUT2D eigenvalue weighted by atomic mass is 10.1. The molecule has 2 N–H and O–H groups in total. The Labute approximate surface area is 90.0 Å². The molecule has 0 unspecified atom stereocenters. The summed E-state index contributed by atoms with van der Waals surface area (Å²) in [7, 11) is 3.27. The molecule has 1 aromatic heterocycles. The van der Waals surface area contributed by atoms with Gasteiger partial charge in [0.25, 0.3) is 0 Å². The summed E-state index contributed by atoms with van der Waals surface area (Å²) in [6.07, 6.45) is 0.778. The number of hydrogen-bond donors (Lipinski definition) is 1. The molecule has 15 heavy (non-hydrogen) atoms. The van der Waals surface area contributed by atoms with Crippen LogP contribution >= 0.6 is 0 Å². The number of hydrogen-bond acceptors (Lipinski definition) is 3. The van der Waals surface area contributed by atoms with Crippen LogP contribution in [0, 0.1) is 13.8 Å². The molecule has 1 aromatic rings. The van der Waals surface area contributed by atoms with Gasteiger partial charge in [-0.05, 0) is 31.5 Å². The first-order valence-corrected chi connectivity index (χ1v) is 4.97. The predicted molar refractivity (Wildman–Crippen MR) is 59.0 cm³/mol. The number of rotatable bonds is 3. The van der Waals surface area contributed by atoms with Gasteiger partial charge >= 0.3 is 5.97 Å². The van der Waals surface area contributed by atoms with Gasteiger partial charge in [-0.2, -0.15) is 0 Å². The van der Waals surface area contributed by atoms with E-state index in [4.69, 9.17) is 10.5 Å². The Morgan fingerprint density at radius 1 is 1.40 bits per heavy atom. The maximum Gasteiger partial charge on any atom is 0.354 e. The average Bonchev–Trinajstić information content (AvgIpc) is 2.42. The Hall–Kier alpha value is -1.29. The van der Waals surface area contributed by atoms with E-state index in [9.17, 15) is 4.79 Å². The molecule has 0 fully saturated rings. The Kier molecular flexibility index (Phi) is 3.52. The lowest BCUT2D eigenvalue weighted by molar-refractivity contribution is 0.0588. The first-order valence-electron chi connectivity index (χ1n) is 4.97. The van der Waals surface area contributed by atoms with Crippen molar-refractivity contribution in [3.8, 4) is 0 Å². The van der Waals surface area contributed by atoms with Gasteiger partial charge in [-0.3, -0.25) is 0 Å². The van der Waals surface area contributed by atoms with E-state index in [2.05, 4.69) is 0 Å². The minimum atomic E-state index is -0.290. The summed E-state index contributed by atoms with van der Waals surface area (Å²) in [5, 5.41) is 0. The fourth-order valence-corrected chi connectivity index (χ4v) is 1.91. The predicted octanol–water partition coefficient (Wildman–Crippen LogP) is 0.930. The molecule has 0 aliphatic heterocycles. The van der Waals surface area contributed by atoms with Crippen molar-refractivity contribution in [3.63, 3.8) is 0 Å². The summed E-state index contributed by atoms with van der Waals surface area (Å²) in [4.78, 5) is 11.6. The summed E-state index contributed by atoms with van der Waals surface area (Å²) in [5.74, 6) is -0.290. The molecular formula is C11H18N2O2. The van der Waals surface area contributed by atoms with Crippen LogP contribution in [0.3, 0.4) is 0 Å². The number of esters is 1. The number of nitrogens with two attached hydrogens (primary N) is 1. The number of ether oxygens (including phenoxy) is 1. The molecule has 1 heterocycles. The lowest BCUT2D eigenvalue weighted by Gasteiger charge is -2.05. The number of nitrogens with zero attached hydrogens (tertiary/aromatic N) is 1. The zero-order valence-electron chi connectivity index (χ0n) is 9.76. The summed E-state index contributed by atoms with van der Waals surface area (Å²) >= 11 is 0. The first-order chi connectivity index (χ1) is 7.04. The van der Waals surface area contributed by atoms with Crippen molar-refractivity contribution in [2.24, 2.45) is 12.8 Å². The maximum absolute atomic E-state index is 11.6. The molecule has 0 spiro atoms. The van der Waals surface area contributed by atoms with E-state index in [1.165, 1.54) is 7.11 Å². The van der Waals surface area contributed by atoms with Gasteiger partial charge < -0.3 is 15.0 Å². The summed E-state index contributed by atoms with van der Waals surface area (Å²) in [6, 6.07) is 0. The minimum Gasteiger partial charge on any atom is -0.464 e. The molecule has 0 aromatic carbocycles. The third kappa shape index (κ3) is 1.90. The zero-order valence-corrected chi connectivity index (χ0v) is 9.76. The van der Waals surface area contributed by atoms with Crippen LogP contribution in [0.5, 0.6) is 0 Å². The molecule has 84 valence electrons. The third-order valence-electron chi connectivity index (χ3n) is 2.85. The second-order valence-corrected chi connectivity index (χ2v) is 3.63. The molecule has 0 saturated carbocycles. The quantitative estimate of drug-likeness (QED) is 0.755. The van der Waals surface area contributed by atoms with E-state index in [0.29, 0.717) is 12.2 Å². The second kappa shape index (κ2) is 4.49. The van der Waals surface area contributed by atoms with Crippen molar-refractivity contribution < 1.29 is 9.53 Å². The molecule has 1 rings (SSSR count). The largest absolute Gasteiger partial charge is 0.464 e. The Bertz CT molecular complexity index is 380. The highest BCUT2D eigenvalue weighted by Gasteiger charge is 2.20. The standard InChI is InChI=1S/C11H18N2O2/c1-7-8(2)10(11(14)15-4)13(3)9(7)5-6-12/h5-6,12H2,1-4H3. The topological polar surface area (TPSA) is 57.2 Å². The van der Waals surface area contributed by atoms with Gasteiger partial charge in [-0.15, -0.1) is 0 Å². The lowest BCUT2D eigenvalue weighted by Crippen LogP contribution is -2.12. The Balaban J connectivity index is 3.29. The SMILES string of the molecule is COC(=O)c1c(C)c(C)c(CCN)n1C. The highest BCUT2D eigenvalue weighted by molar-refractivity contribution is 5.90. The summed E-state index contributed by atoms with van der Waals surface area (Å²) in [6.45, 7) is 4.52. The van der Waals surface area contributed by atoms with Gasteiger partial charge in [0.15, 0.2) is 0 Å². The van der Waals surface area contributed by atoms with Gasteiger partial charge in [-0.1, -0.05) is 0 Å². The number of methoxy groups -OCH3 is 1. The van der Waals surface area contributed by atoms with Crippen molar-refractivity contribution in [2.45, 2.75) is 20.3 Å². The minimum absolute atomic E-state index is 0.290. The third-order valence-corrected chi connectivity index (χ3v) is 2.85. The molecule has 0 amide bonds. The van der Waals surface area contributed by atoms with Gasteiger partial charge in [-0.25, -0.2) is 4.79 Å². The molecule has 0 aliphatic carbocycles.